The van der Waals surface area contributed by atoms with Crippen LogP contribution < -0.4 is 10.9 Å². The highest BCUT2D eigenvalue weighted by Gasteiger charge is 2.24. The van der Waals surface area contributed by atoms with Crippen LogP contribution in [-0.2, 0) is 11.3 Å². The molecule has 1 aliphatic rings. The summed E-state index contributed by atoms with van der Waals surface area (Å²) >= 11 is 0. The van der Waals surface area contributed by atoms with Crippen LogP contribution in [0, 0.1) is 12.8 Å². The van der Waals surface area contributed by atoms with Gasteiger partial charge in [0.1, 0.15) is 17.5 Å². The first-order valence-corrected chi connectivity index (χ1v) is 8.35. The van der Waals surface area contributed by atoms with Crippen LogP contribution in [0.3, 0.4) is 0 Å². The van der Waals surface area contributed by atoms with Gasteiger partial charge in [-0.05, 0) is 25.7 Å². The van der Waals surface area contributed by atoms with Crippen molar-refractivity contribution >= 4 is 17.0 Å². The summed E-state index contributed by atoms with van der Waals surface area (Å²) in [6.07, 6.45) is 3.47. The normalized spacial score (nSPS) is 17.8. The molecule has 7 nitrogen and oxygen atoms in total. The number of nitrogens with one attached hydrogen (secondary N) is 1. The number of furan rings is 1. The van der Waals surface area contributed by atoms with Gasteiger partial charge in [0.05, 0.1) is 11.7 Å². The summed E-state index contributed by atoms with van der Waals surface area (Å²) in [6.45, 7) is 7.43. The molecule has 2 aromatic rings. The number of nitrogens with zero attached hydrogens (tertiary/aromatic N) is 2. The zero-order valence-electron chi connectivity index (χ0n) is 14.3. The number of aromatic nitrogens is 2. The number of carbonyl (C=O) groups is 1. The molecule has 3 rings (SSSR count). The molecule has 1 saturated heterocycles. The van der Waals surface area contributed by atoms with E-state index in [2.05, 4.69) is 10.3 Å². The molecular weight excluding hydrogens is 310 g/mol. The molecule has 1 atom stereocenters. The van der Waals surface area contributed by atoms with Crippen molar-refractivity contribution in [3.63, 3.8) is 0 Å². The predicted molar refractivity (Wildman–Crippen MR) is 89.2 cm³/mol. The minimum Gasteiger partial charge on any atom is -0.442 e. The second kappa shape index (κ2) is 6.76. The summed E-state index contributed by atoms with van der Waals surface area (Å²) in [5, 5.41) is 3.10. The van der Waals surface area contributed by atoms with Gasteiger partial charge in [-0.15, -0.1) is 0 Å². The highest BCUT2D eigenvalue weighted by atomic mass is 16.5. The summed E-state index contributed by atoms with van der Waals surface area (Å²) in [6, 6.07) is 0. The fourth-order valence-corrected chi connectivity index (χ4v) is 3.03. The first-order chi connectivity index (χ1) is 11.5. The summed E-state index contributed by atoms with van der Waals surface area (Å²) in [5.74, 6) is 0.386. The summed E-state index contributed by atoms with van der Waals surface area (Å²) in [4.78, 5) is 29.5. The number of carbonyl (C=O) groups excluding carboxylic acids is 1. The average Bonchev–Trinajstić information content (AvgIpc) is 3.14. The third-order valence-corrected chi connectivity index (χ3v) is 4.16. The van der Waals surface area contributed by atoms with Crippen LogP contribution in [0.1, 0.15) is 42.8 Å². The van der Waals surface area contributed by atoms with Crippen molar-refractivity contribution in [1.82, 2.24) is 14.9 Å². The zero-order chi connectivity index (χ0) is 17.3. The lowest BCUT2D eigenvalue weighted by molar-refractivity contribution is 0.0857. The maximum Gasteiger partial charge on any atom is 0.265 e. The molecule has 0 unspecified atom stereocenters. The molecule has 1 amide bonds. The molecule has 1 aliphatic heterocycles. The summed E-state index contributed by atoms with van der Waals surface area (Å²) < 4.78 is 12.6. The Hall–Kier alpha value is -2.15. The van der Waals surface area contributed by atoms with E-state index in [0.29, 0.717) is 24.8 Å². The van der Waals surface area contributed by atoms with Crippen molar-refractivity contribution in [2.24, 2.45) is 5.92 Å². The third-order valence-electron chi connectivity index (χ3n) is 4.16. The van der Waals surface area contributed by atoms with Gasteiger partial charge in [0.25, 0.3) is 11.5 Å². The van der Waals surface area contributed by atoms with E-state index in [4.69, 9.17) is 9.15 Å². The van der Waals surface area contributed by atoms with Gasteiger partial charge in [-0.2, -0.15) is 0 Å². The molecule has 3 heterocycles. The van der Waals surface area contributed by atoms with Crippen molar-refractivity contribution in [1.29, 1.82) is 0 Å². The molecule has 0 saturated carbocycles. The second-order valence-electron chi connectivity index (χ2n) is 6.65. The Kier molecular flexibility index (Phi) is 4.71. The lowest BCUT2D eigenvalue weighted by atomic mass is 10.1. The molecule has 1 fully saturated rings. The van der Waals surface area contributed by atoms with Crippen LogP contribution >= 0.6 is 0 Å². The molecule has 0 aromatic carbocycles. The topological polar surface area (TPSA) is 86.4 Å². The van der Waals surface area contributed by atoms with Crippen LogP contribution in [0.5, 0.6) is 0 Å². The van der Waals surface area contributed by atoms with E-state index in [1.54, 1.807) is 6.92 Å². The minimum absolute atomic E-state index is 0.0446. The van der Waals surface area contributed by atoms with Gasteiger partial charge >= 0.3 is 0 Å². The maximum absolute atomic E-state index is 12.7. The van der Waals surface area contributed by atoms with Crippen molar-refractivity contribution in [2.75, 3.05) is 13.2 Å². The number of amides is 1. The molecule has 130 valence electrons. The first kappa shape index (κ1) is 16.7. The highest BCUT2D eigenvalue weighted by molar-refractivity contribution is 6.06. The highest BCUT2D eigenvalue weighted by Crippen LogP contribution is 2.21. The molecule has 24 heavy (non-hydrogen) atoms. The Morgan fingerprint density at radius 2 is 2.29 bits per heavy atom. The Balaban J connectivity index is 1.92. The molecule has 1 N–H and O–H groups in total. The van der Waals surface area contributed by atoms with Crippen LogP contribution in [0.25, 0.3) is 11.1 Å². The third kappa shape index (κ3) is 3.21. The fraction of sp³-hybridized carbons (Fsp3) is 0.588. The Morgan fingerprint density at radius 1 is 1.50 bits per heavy atom. The van der Waals surface area contributed by atoms with E-state index in [1.807, 2.05) is 13.8 Å². The predicted octanol–water partition coefficient (Wildman–Crippen LogP) is 1.86. The number of hydrogen-bond acceptors (Lipinski definition) is 5. The van der Waals surface area contributed by atoms with Gasteiger partial charge < -0.3 is 14.5 Å². The smallest absolute Gasteiger partial charge is 0.265 e. The van der Waals surface area contributed by atoms with E-state index in [1.165, 1.54) is 10.9 Å². The van der Waals surface area contributed by atoms with Gasteiger partial charge in [0.15, 0.2) is 0 Å². The number of fused-ring (bicyclic) bond motifs is 1. The van der Waals surface area contributed by atoms with E-state index < -0.39 is 0 Å². The maximum atomic E-state index is 12.7. The summed E-state index contributed by atoms with van der Waals surface area (Å²) in [7, 11) is 0. The molecule has 2 aromatic heterocycles. The number of hydrogen-bond donors (Lipinski definition) is 1. The molecule has 0 bridgehead atoms. The molecular formula is C17H23N3O4. The van der Waals surface area contributed by atoms with E-state index >= 15 is 0 Å². The number of aryl methyl sites for hydroxylation is 1. The Bertz CT molecular complexity index is 800. The van der Waals surface area contributed by atoms with Crippen LogP contribution in [0.2, 0.25) is 0 Å². The summed E-state index contributed by atoms with van der Waals surface area (Å²) in [5.41, 5.74) is 0.242. The molecule has 0 spiro atoms. The van der Waals surface area contributed by atoms with Crippen molar-refractivity contribution < 1.29 is 13.9 Å². The van der Waals surface area contributed by atoms with E-state index in [-0.39, 0.29) is 34.2 Å². The fourth-order valence-electron chi connectivity index (χ4n) is 3.03. The Morgan fingerprint density at radius 3 is 2.96 bits per heavy atom. The second-order valence-corrected chi connectivity index (χ2v) is 6.65. The molecule has 7 heteroatoms. The van der Waals surface area contributed by atoms with Crippen LogP contribution in [0.4, 0.5) is 0 Å². The Labute approximate surface area is 140 Å². The first-order valence-electron chi connectivity index (χ1n) is 8.35. The number of ether oxygens (including phenoxy) is 1. The largest absolute Gasteiger partial charge is 0.442 e. The molecule has 0 radical (unpaired) electrons. The molecule has 0 aliphatic carbocycles. The van der Waals surface area contributed by atoms with Crippen molar-refractivity contribution in [3.8, 4) is 0 Å². The monoisotopic (exact) mass is 333 g/mol. The van der Waals surface area contributed by atoms with Gasteiger partial charge in [0.2, 0.25) is 5.71 Å². The lowest BCUT2D eigenvalue weighted by Crippen LogP contribution is -2.33. The van der Waals surface area contributed by atoms with Crippen molar-refractivity contribution in [3.05, 3.63) is 28.0 Å². The van der Waals surface area contributed by atoms with Gasteiger partial charge in [-0.25, -0.2) is 4.98 Å². The van der Waals surface area contributed by atoms with Gasteiger partial charge in [0, 0.05) is 19.7 Å². The standard InChI is InChI=1S/C17H23N3O4/c1-10(2)8-20-9-19-16-14(17(20)22)13(11(3)24-16)15(21)18-7-12-5-4-6-23-12/h9-10,12H,4-8H2,1-3H3,(H,18,21)/t12-/m1/s1. The quantitative estimate of drug-likeness (QED) is 0.902. The van der Waals surface area contributed by atoms with Gasteiger partial charge in [-0.3, -0.25) is 14.2 Å². The minimum atomic E-state index is -0.317. The number of rotatable bonds is 5. The van der Waals surface area contributed by atoms with Crippen LogP contribution in [-0.4, -0.2) is 34.7 Å². The lowest BCUT2D eigenvalue weighted by Gasteiger charge is -2.11. The van der Waals surface area contributed by atoms with Gasteiger partial charge in [-0.1, -0.05) is 13.8 Å². The van der Waals surface area contributed by atoms with Crippen LogP contribution in [0.15, 0.2) is 15.5 Å². The van der Waals surface area contributed by atoms with Crippen molar-refractivity contribution in [2.45, 2.75) is 46.3 Å². The average molecular weight is 333 g/mol. The zero-order valence-corrected chi connectivity index (χ0v) is 14.3. The van der Waals surface area contributed by atoms with E-state index in [9.17, 15) is 9.59 Å². The van der Waals surface area contributed by atoms with E-state index in [0.717, 1.165) is 19.4 Å². The SMILES string of the molecule is Cc1oc2ncn(CC(C)C)c(=O)c2c1C(=O)NC[C@H]1CCCO1.